The third kappa shape index (κ3) is 7.41. The standard InChI is InChI=1S/C21H15N2.C17H13N2.Ir/c1-3-7-17(8-4-1)18-11-13-19(14-12-18)20-15-22-23(16-20)21-9-5-2-6-10-21;1-3-9-15(10-4-1)19(16-11-5-2-6-12-16)17-13-7-8-14-18-17;/h1-9,11-16H;1-11,13-14H;/q2*-1;. The molecule has 0 bridgehead atoms. The predicted molar refractivity (Wildman–Crippen MR) is 171 cm³/mol. The van der Waals surface area contributed by atoms with E-state index < -0.39 is 0 Å². The Morgan fingerprint density at radius 1 is 0.535 bits per heavy atom. The Hall–Kier alpha value is -5.09. The number of benzene rings is 5. The van der Waals surface area contributed by atoms with E-state index in [9.17, 15) is 0 Å². The van der Waals surface area contributed by atoms with Crippen molar-refractivity contribution in [1.82, 2.24) is 14.8 Å². The molecular formula is C38H28IrN4-2. The van der Waals surface area contributed by atoms with Crippen molar-refractivity contribution < 1.29 is 20.1 Å². The van der Waals surface area contributed by atoms with Crippen LogP contribution in [0.2, 0.25) is 0 Å². The Morgan fingerprint density at radius 3 is 1.77 bits per heavy atom. The first-order chi connectivity index (χ1) is 20.8. The third-order valence-electron chi connectivity index (χ3n) is 6.67. The molecule has 0 fully saturated rings. The van der Waals surface area contributed by atoms with Crippen LogP contribution in [0.3, 0.4) is 0 Å². The van der Waals surface area contributed by atoms with Crippen LogP contribution in [0.4, 0.5) is 17.2 Å². The summed E-state index contributed by atoms with van der Waals surface area (Å²) in [7, 11) is 0. The molecule has 0 N–H and O–H groups in total. The second-order valence-electron chi connectivity index (χ2n) is 9.47. The number of para-hydroxylation sites is 3. The van der Waals surface area contributed by atoms with Gasteiger partial charge >= 0.3 is 0 Å². The Balaban J connectivity index is 0.000000170. The summed E-state index contributed by atoms with van der Waals surface area (Å²) in [4.78, 5) is 6.52. The SMILES string of the molecule is [Ir].[c-]1ccccc1-n1cc(-c2ccc(-c3ccccc3)cc2)cn1.[c-]1ccccc1N(c1ccccc1)c1ccccn1. The number of rotatable bonds is 6. The Morgan fingerprint density at radius 2 is 1.14 bits per heavy atom. The fourth-order valence-electron chi connectivity index (χ4n) is 4.60. The van der Waals surface area contributed by atoms with Gasteiger partial charge in [0.25, 0.3) is 0 Å². The maximum absolute atomic E-state index is 4.44. The topological polar surface area (TPSA) is 34.0 Å². The van der Waals surface area contributed by atoms with Crippen LogP contribution < -0.4 is 4.90 Å². The molecule has 4 nitrogen and oxygen atoms in total. The average Bonchev–Trinajstić information content (AvgIpc) is 3.58. The smallest absolute Gasteiger partial charge is 0.135 e. The van der Waals surface area contributed by atoms with Crippen molar-refractivity contribution in [3.05, 3.63) is 182 Å². The predicted octanol–water partition coefficient (Wildman–Crippen LogP) is 9.36. The molecule has 0 unspecified atom stereocenters. The molecule has 0 saturated carbocycles. The van der Waals surface area contributed by atoms with E-state index in [1.54, 1.807) is 6.20 Å². The first kappa shape index (κ1) is 29.4. The van der Waals surface area contributed by atoms with E-state index in [1.807, 2.05) is 108 Å². The zero-order chi connectivity index (χ0) is 28.4. The molecule has 0 aliphatic rings. The van der Waals surface area contributed by atoms with Crippen molar-refractivity contribution in [3.63, 3.8) is 0 Å². The van der Waals surface area contributed by atoms with Gasteiger partial charge in [0.05, 0.1) is 6.20 Å². The monoisotopic (exact) mass is 733 g/mol. The average molecular weight is 733 g/mol. The van der Waals surface area contributed by atoms with Crippen molar-refractivity contribution in [2.24, 2.45) is 0 Å². The van der Waals surface area contributed by atoms with Crippen LogP contribution in [0, 0.1) is 12.1 Å². The van der Waals surface area contributed by atoms with Gasteiger partial charge in [-0.3, -0.25) is 4.68 Å². The Kier molecular flexibility index (Phi) is 10.0. The maximum atomic E-state index is 4.44. The van der Waals surface area contributed by atoms with Gasteiger partial charge in [-0.15, -0.1) is 12.1 Å². The summed E-state index contributed by atoms with van der Waals surface area (Å²) in [5.41, 5.74) is 7.70. The summed E-state index contributed by atoms with van der Waals surface area (Å²) in [6.45, 7) is 0. The summed E-state index contributed by atoms with van der Waals surface area (Å²) >= 11 is 0. The van der Waals surface area contributed by atoms with Crippen LogP contribution in [0.25, 0.3) is 27.9 Å². The molecule has 211 valence electrons. The summed E-state index contributed by atoms with van der Waals surface area (Å²) < 4.78 is 1.85. The Labute approximate surface area is 266 Å². The van der Waals surface area contributed by atoms with Gasteiger partial charge in [0.2, 0.25) is 0 Å². The summed E-state index contributed by atoms with van der Waals surface area (Å²) in [5.74, 6) is 0.885. The van der Waals surface area contributed by atoms with Crippen LogP contribution in [-0.2, 0) is 20.1 Å². The minimum absolute atomic E-state index is 0. The van der Waals surface area contributed by atoms with Gasteiger partial charge < -0.3 is 4.90 Å². The largest absolute Gasteiger partial charge is 0.319 e. The van der Waals surface area contributed by atoms with Gasteiger partial charge in [-0.25, -0.2) is 4.98 Å². The van der Waals surface area contributed by atoms with E-state index in [0.717, 1.165) is 34.0 Å². The summed E-state index contributed by atoms with van der Waals surface area (Å²) in [6.07, 6.45) is 5.72. The molecule has 0 aliphatic heterocycles. The fourth-order valence-corrected chi connectivity index (χ4v) is 4.60. The minimum Gasteiger partial charge on any atom is -0.319 e. The van der Waals surface area contributed by atoms with E-state index in [4.69, 9.17) is 0 Å². The van der Waals surface area contributed by atoms with Crippen molar-refractivity contribution in [2.75, 3.05) is 4.90 Å². The van der Waals surface area contributed by atoms with Gasteiger partial charge in [-0.05, 0) is 46.6 Å². The van der Waals surface area contributed by atoms with Crippen molar-refractivity contribution >= 4 is 17.2 Å². The molecule has 0 aliphatic carbocycles. The third-order valence-corrected chi connectivity index (χ3v) is 6.67. The first-order valence-corrected chi connectivity index (χ1v) is 13.8. The molecule has 5 heteroatoms. The van der Waals surface area contributed by atoms with Crippen LogP contribution in [-0.4, -0.2) is 14.8 Å². The second-order valence-corrected chi connectivity index (χ2v) is 9.47. The van der Waals surface area contributed by atoms with Crippen molar-refractivity contribution in [1.29, 1.82) is 0 Å². The number of aromatic nitrogens is 3. The van der Waals surface area contributed by atoms with Gasteiger partial charge in [0, 0.05) is 43.7 Å². The minimum atomic E-state index is 0. The van der Waals surface area contributed by atoms with E-state index in [0.29, 0.717) is 0 Å². The Bertz CT molecular complexity index is 1700. The summed E-state index contributed by atoms with van der Waals surface area (Å²) in [6, 6.07) is 57.2. The normalized spacial score (nSPS) is 10.1. The van der Waals surface area contributed by atoms with Crippen LogP contribution in [0.5, 0.6) is 0 Å². The molecule has 0 spiro atoms. The molecule has 2 aromatic heterocycles. The van der Waals surface area contributed by atoms with Gasteiger partial charge in [0.1, 0.15) is 5.82 Å². The van der Waals surface area contributed by atoms with E-state index in [-0.39, 0.29) is 20.1 Å². The molecule has 0 amide bonds. The van der Waals surface area contributed by atoms with Crippen LogP contribution in [0.1, 0.15) is 0 Å². The van der Waals surface area contributed by atoms with E-state index >= 15 is 0 Å². The molecule has 0 atom stereocenters. The van der Waals surface area contributed by atoms with Crippen LogP contribution >= 0.6 is 0 Å². The number of hydrogen-bond acceptors (Lipinski definition) is 3. The molecule has 7 rings (SSSR count). The summed E-state index contributed by atoms with van der Waals surface area (Å²) in [5, 5.41) is 4.43. The molecule has 0 saturated heterocycles. The fraction of sp³-hybridized carbons (Fsp3) is 0. The van der Waals surface area contributed by atoms with E-state index in [1.165, 1.54) is 11.1 Å². The second kappa shape index (κ2) is 14.7. The number of hydrogen-bond donors (Lipinski definition) is 0. The van der Waals surface area contributed by atoms with Crippen molar-refractivity contribution in [2.45, 2.75) is 0 Å². The number of pyridine rings is 1. The van der Waals surface area contributed by atoms with Gasteiger partial charge in [-0.1, -0.05) is 84.6 Å². The molecular weight excluding hydrogens is 705 g/mol. The quantitative estimate of drug-likeness (QED) is 0.160. The molecule has 1 radical (unpaired) electrons. The van der Waals surface area contributed by atoms with Crippen LogP contribution in [0.15, 0.2) is 170 Å². The molecule has 43 heavy (non-hydrogen) atoms. The molecule has 5 aromatic carbocycles. The molecule has 2 heterocycles. The van der Waals surface area contributed by atoms with Gasteiger partial charge in [-0.2, -0.15) is 53.6 Å². The zero-order valence-corrected chi connectivity index (χ0v) is 25.7. The number of anilines is 3. The zero-order valence-electron chi connectivity index (χ0n) is 23.3. The number of nitrogens with zero attached hydrogens (tertiary/aromatic N) is 4. The maximum Gasteiger partial charge on any atom is 0.135 e. The van der Waals surface area contributed by atoms with Gasteiger partial charge in [0.15, 0.2) is 0 Å². The molecule has 7 aromatic rings. The van der Waals surface area contributed by atoms with E-state index in [2.05, 4.69) is 87.8 Å². The first-order valence-electron chi connectivity index (χ1n) is 13.8. The van der Waals surface area contributed by atoms with Crippen molar-refractivity contribution in [3.8, 4) is 27.9 Å².